The number of aromatic nitrogens is 1. The van der Waals surface area contributed by atoms with Crippen molar-refractivity contribution >= 4 is 22.5 Å². The van der Waals surface area contributed by atoms with E-state index in [1.54, 1.807) is 0 Å². The molecule has 2 aromatic rings. The normalized spacial score (nSPS) is 11.5. The van der Waals surface area contributed by atoms with E-state index in [9.17, 15) is 4.79 Å². The van der Waals surface area contributed by atoms with Gasteiger partial charge in [-0.2, -0.15) is 0 Å². The Bertz CT molecular complexity index is 674. The number of rotatable bonds is 6. The van der Waals surface area contributed by atoms with Gasteiger partial charge in [0.05, 0.1) is 5.52 Å². The fraction of sp³-hybridized carbons (Fsp3) is 0.474. The third-order valence-electron chi connectivity index (χ3n) is 3.68. The second-order valence-corrected chi connectivity index (χ2v) is 6.86. The number of amides is 1. The molecule has 4 nitrogen and oxygen atoms in total. The maximum Gasteiger partial charge on any atom is 0.225 e. The number of anilines is 1. The first-order valence-corrected chi connectivity index (χ1v) is 8.32. The van der Waals surface area contributed by atoms with E-state index in [-0.39, 0.29) is 11.3 Å². The van der Waals surface area contributed by atoms with Crippen LogP contribution >= 0.6 is 0 Å². The first-order chi connectivity index (χ1) is 10.9. The Morgan fingerprint density at radius 2 is 1.91 bits per heavy atom. The third-order valence-corrected chi connectivity index (χ3v) is 3.68. The summed E-state index contributed by atoms with van der Waals surface area (Å²) in [4.78, 5) is 16.6. The number of nitrogens with one attached hydrogen (secondary N) is 2. The van der Waals surface area contributed by atoms with E-state index in [4.69, 9.17) is 4.98 Å². The predicted molar refractivity (Wildman–Crippen MR) is 96.7 cm³/mol. The number of aryl methyl sites for hydroxylation is 1. The Balaban J connectivity index is 2.05. The van der Waals surface area contributed by atoms with Crippen LogP contribution in [0.5, 0.6) is 0 Å². The molecular formula is C19H27N3O. The molecule has 2 N–H and O–H groups in total. The molecular weight excluding hydrogens is 286 g/mol. The minimum Gasteiger partial charge on any atom is -0.383 e. The number of hydrogen-bond donors (Lipinski definition) is 2. The second kappa shape index (κ2) is 7.44. The van der Waals surface area contributed by atoms with Crippen LogP contribution in [0.4, 0.5) is 5.69 Å². The van der Waals surface area contributed by atoms with Crippen LogP contribution in [0.15, 0.2) is 30.3 Å². The lowest BCUT2D eigenvalue weighted by molar-refractivity contribution is -0.128. The molecule has 1 aromatic carbocycles. The molecule has 0 aliphatic heterocycles. The Hall–Kier alpha value is -2.10. The molecule has 1 heterocycles. The van der Waals surface area contributed by atoms with Crippen LogP contribution in [-0.2, 0) is 11.2 Å². The van der Waals surface area contributed by atoms with E-state index < -0.39 is 0 Å². The highest BCUT2D eigenvalue weighted by Gasteiger charge is 2.20. The minimum atomic E-state index is -0.350. The van der Waals surface area contributed by atoms with Crippen molar-refractivity contribution in [3.8, 4) is 0 Å². The first kappa shape index (κ1) is 17.3. The van der Waals surface area contributed by atoms with Gasteiger partial charge in [0.2, 0.25) is 5.91 Å². The summed E-state index contributed by atoms with van der Waals surface area (Å²) >= 11 is 0. The summed E-state index contributed by atoms with van der Waals surface area (Å²) in [7, 11) is 0. The summed E-state index contributed by atoms with van der Waals surface area (Å²) in [6.07, 6.45) is 2.05. The SMILES string of the molecule is CCCc1cc(NCCNC(=O)C(C)(C)C)c2ccccc2n1. The molecule has 0 aliphatic carbocycles. The largest absolute Gasteiger partial charge is 0.383 e. The lowest BCUT2D eigenvalue weighted by atomic mass is 9.96. The summed E-state index contributed by atoms with van der Waals surface area (Å²) in [5.41, 5.74) is 2.86. The Morgan fingerprint density at radius 1 is 1.17 bits per heavy atom. The highest BCUT2D eigenvalue weighted by atomic mass is 16.2. The van der Waals surface area contributed by atoms with Gasteiger partial charge in [0, 0.05) is 35.3 Å². The lowest BCUT2D eigenvalue weighted by Gasteiger charge is -2.18. The number of fused-ring (bicyclic) bond motifs is 1. The number of hydrogen-bond acceptors (Lipinski definition) is 3. The summed E-state index contributed by atoms with van der Waals surface area (Å²) < 4.78 is 0. The highest BCUT2D eigenvalue weighted by molar-refractivity contribution is 5.91. The Labute approximate surface area is 138 Å². The van der Waals surface area contributed by atoms with E-state index in [0.29, 0.717) is 13.1 Å². The molecule has 0 fully saturated rings. The van der Waals surface area contributed by atoms with Crippen molar-refractivity contribution in [1.29, 1.82) is 0 Å². The number of carbonyl (C=O) groups is 1. The average molecular weight is 313 g/mol. The number of pyridine rings is 1. The van der Waals surface area contributed by atoms with E-state index in [0.717, 1.165) is 35.1 Å². The van der Waals surface area contributed by atoms with Crippen molar-refractivity contribution in [2.75, 3.05) is 18.4 Å². The van der Waals surface area contributed by atoms with Crippen molar-refractivity contribution < 1.29 is 4.79 Å². The van der Waals surface area contributed by atoms with Gasteiger partial charge in [-0.15, -0.1) is 0 Å². The highest BCUT2D eigenvalue weighted by Crippen LogP contribution is 2.23. The van der Waals surface area contributed by atoms with Crippen LogP contribution in [0.25, 0.3) is 10.9 Å². The molecule has 0 aliphatic rings. The molecule has 0 bridgehead atoms. The van der Waals surface area contributed by atoms with Gasteiger partial charge in [-0.3, -0.25) is 9.78 Å². The molecule has 2 rings (SSSR count). The monoisotopic (exact) mass is 313 g/mol. The second-order valence-electron chi connectivity index (χ2n) is 6.86. The number of para-hydroxylation sites is 1. The summed E-state index contributed by atoms with van der Waals surface area (Å²) in [5.74, 6) is 0.0746. The van der Waals surface area contributed by atoms with Crippen molar-refractivity contribution in [2.45, 2.75) is 40.5 Å². The summed E-state index contributed by atoms with van der Waals surface area (Å²) in [6.45, 7) is 9.22. The Morgan fingerprint density at radius 3 is 2.61 bits per heavy atom. The minimum absolute atomic E-state index is 0.0746. The molecule has 0 radical (unpaired) electrons. The number of nitrogens with zero attached hydrogens (tertiary/aromatic N) is 1. The maximum atomic E-state index is 11.9. The fourth-order valence-electron chi connectivity index (χ4n) is 2.40. The fourth-order valence-corrected chi connectivity index (χ4v) is 2.40. The Kier molecular flexibility index (Phi) is 5.59. The molecule has 23 heavy (non-hydrogen) atoms. The standard InChI is InChI=1S/C19H27N3O/c1-5-8-14-13-17(15-9-6-7-10-16(15)22-14)20-11-12-21-18(23)19(2,3)4/h6-7,9-10,13H,5,8,11-12H2,1-4H3,(H,20,22)(H,21,23). The smallest absolute Gasteiger partial charge is 0.225 e. The van der Waals surface area contributed by atoms with Crippen LogP contribution in [-0.4, -0.2) is 24.0 Å². The van der Waals surface area contributed by atoms with Crippen LogP contribution in [0.1, 0.15) is 39.8 Å². The van der Waals surface area contributed by atoms with Crippen molar-refractivity contribution in [2.24, 2.45) is 5.41 Å². The molecule has 0 atom stereocenters. The molecule has 124 valence electrons. The molecule has 0 saturated heterocycles. The van der Waals surface area contributed by atoms with E-state index in [2.05, 4.69) is 29.7 Å². The predicted octanol–water partition coefficient (Wildman–Crippen LogP) is 3.76. The van der Waals surface area contributed by atoms with Crippen molar-refractivity contribution in [1.82, 2.24) is 10.3 Å². The quantitative estimate of drug-likeness (QED) is 0.798. The van der Waals surface area contributed by atoms with Crippen LogP contribution in [0.2, 0.25) is 0 Å². The molecule has 1 aromatic heterocycles. The topological polar surface area (TPSA) is 54.0 Å². The van der Waals surface area contributed by atoms with Gasteiger partial charge in [0.25, 0.3) is 0 Å². The van der Waals surface area contributed by atoms with Gasteiger partial charge in [0.1, 0.15) is 0 Å². The van der Waals surface area contributed by atoms with Crippen molar-refractivity contribution in [3.63, 3.8) is 0 Å². The maximum absolute atomic E-state index is 11.9. The van der Waals surface area contributed by atoms with Gasteiger partial charge < -0.3 is 10.6 Å². The zero-order chi connectivity index (χ0) is 16.9. The van der Waals surface area contributed by atoms with Gasteiger partial charge in [-0.1, -0.05) is 52.3 Å². The summed E-state index contributed by atoms with van der Waals surface area (Å²) in [5, 5.41) is 7.52. The van der Waals surface area contributed by atoms with E-state index in [1.165, 1.54) is 0 Å². The van der Waals surface area contributed by atoms with Crippen LogP contribution < -0.4 is 10.6 Å². The molecule has 0 unspecified atom stereocenters. The number of carbonyl (C=O) groups excluding carboxylic acids is 1. The van der Waals surface area contributed by atoms with Gasteiger partial charge in [-0.05, 0) is 18.6 Å². The molecule has 1 amide bonds. The zero-order valence-electron chi connectivity index (χ0n) is 14.6. The number of benzene rings is 1. The van der Waals surface area contributed by atoms with Crippen LogP contribution in [0.3, 0.4) is 0 Å². The molecule has 4 heteroatoms. The van der Waals surface area contributed by atoms with Gasteiger partial charge in [-0.25, -0.2) is 0 Å². The van der Waals surface area contributed by atoms with Gasteiger partial charge in [0.15, 0.2) is 0 Å². The summed E-state index contributed by atoms with van der Waals surface area (Å²) in [6, 6.07) is 10.3. The van der Waals surface area contributed by atoms with Gasteiger partial charge >= 0.3 is 0 Å². The third kappa shape index (κ3) is 4.68. The lowest BCUT2D eigenvalue weighted by Crippen LogP contribution is -2.37. The van der Waals surface area contributed by atoms with Crippen LogP contribution in [0, 0.1) is 5.41 Å². The molecule has 0 spiro atoms. The van der Waals surface area contributed by atoms with E-state index in [1.807, 2.05) is 39.0 Å². The van der Waals surface area contributed by atoms with E-state index >= 15 is 0 Å². The molecule has 0 saturated carbocycles. The first-order valence-electron chi connectivity index (χ1n) is 8.32. The average Bonchev–Trinajstić information content (AvgIpc) is 2.50. The zero-order valence-corrected chi connectivity index (χ0v) is 14.6. The van der Waals surface area contributed by atoms with Crippen molar-refractivity contribution in [3.05, 3.63) is 36.0 Å².